The van der Waals surface area contributed by atoms with Gasteiger partial charge in [-0.15, -0.1) is 0 Å². The Morgan fingerprint density at radius 2 is 2.00 bits per heavy atom. The molecule has 0 aromatic heterocycles. The Bertz CT molecular complexity index is 235. The van der Waals surface area contributed by atoms with Crippen LogP contribution in [0.3, 0.4) is 0 Å². The second kappa shape index (κ2) is 3.25. The quantitative estimate of drug-likeness (QED) is 0.376. The van der Waals surface area contributed by atoms with E-state index < -0.39 is 0 Å². The molecular formula is C8H13N3. The lowest BCUT2D eigenvalue weighted by atomic mass is 10.2. The number of para-hydroxylation sites is 2. The van der Waals surface area contributed by atoms with Gasteiger partial charge < -0.3 is 10.7 Å². The first-order valence-corrected chi connectivity index (χ1v) is 3.62. The fourth-order valence-electron chi connectivity index (χ4n) is 0.919. The van der Waals surface area contributed by atoms with E-state index in [-0.39, 0.29) is 0 Å². The van der Waals surface area contributed by atoms with Gasteiger partial charge >= 0.3 is 0 Å². The van der Waals surface area contributed by atoms with Gasteiger partial charge in [0.25, 0.3) is 0 Å². The summed E-state index contributed by atoms with van der Waals surface area (Å²) in [5.41, 5.74) is 7.28. The van der Waals surface area contributed by atoms with Crippen LogP contribution >= 0.6 is 0 Å². The zero-order valence-corrected chi connectivity index (χ0v) is 6.62. The minimum atomic E-state index is 0.719. The molecule has 0 aliphatic carbocycles. The van der Waals surface area contributed by atoms with Gasteiger partial charge in [0.05, 0.1) is 11.4 Å². The van der Waals surface area contributed by atoms with E-state index in [4.69, 9.17) is 11.6 Å². The van der Waals surface area contributed by atoms with Crippen LogP contribution in [0.2, 0.25) is 0 Å². The summed E-state index contributed by atoms with van der Waals surface area (Å²) in [5.74, 6) is 5.65. The molecule has 0 bridgehead atoms. The molecule has 0 aliphatic heterocycles. The predicted molar refractivity (Wildman–Crippen MR) is 48.1 cm³/mol. The molecule has 1 aromatic carbocycles. The number of hydrogen-bond acceptors (Lipinski definition) is 3. The highest BCUT2D eigenvalue weighted by Gasteiger charge is 2.00. The molecule has 0 aliphatic rings. The molecule has 0 atom stereocenters. The van der Waals surface area contributed by atoms with Gasteiger partial charge in [0.2, 0.25) is 0 Å². The van der Waals surface area contributed by atoms with Crippen molar-refractivity contribution in [1.29, 1.82) is 0 Å². The maximum absolute atomic E-state index is 5.68. The first kappa shape index (κ1) is 7.88. The Balaban J connectivity index is 2.93. The van der Waals surface area contributed by atoms with Crippen LogP contribution in [0.25, 0.3) is 0 Å². The Morgan fingerprint density at radius 1 is 1.36 bits per heavy atom. The minimum Gasteiger partial charge on any atom is -0.397 e. The van der Waals surface area contributed by atoms with E-state index in [2.05, 4.69) is 0 Å². The average Bonchev–Trinajstić information content (AvgIpc) is 2.04. The summed E-state index contributed by atoms with van der Waals surface area (Å²) in [7, 11) is 0. The van der Waals surface area contributed by atoms with Gasteiger partial charge in [0.15, 0.2) is 0 Å². The summed E-state index contributed by atoms with van der Waals surface area (Å²) in [5, 5.41) is 1.62. The first-order valence-electron chi connectivity index (χ1n) is 3.62. The maximum atomic E-state index is 5.68. The second-order valence-corrected chi connectivity index (χ2v) is 2.34. The zero-order valence-electron chi connectivity index (χ0n) is 6.62. The zero-order chi connectivity index (χ0) is 8.27. The molecule has 0 saturated heterocycles. The lowest BCUT2D eigenvalue weighted by Gasteiger charge is -2.17. The SMILES string of the molecule is CCN(N)c1ccccc1N. The fourth-order valence-corrected chi connectivity index (χ4v) is 0.919. The van der Waals surface area contributed by atoms with Crippen molar-refractivity contribution in [1.82, 2.24) is 0 Å². The molecule has 3 heteroatoms. The van der Waals surface area contributed by atoms with E-state index in [0.29, 0.717) is 0 Å². The molecule has 0 fully saturated rings. The van der Waals surface area contributed by atoms with Crippen LogP contribution in [0, 0.1) is 0 Å². The van der Waals surface area contributed by atoms with E-state index in [1.807, 2.05) is 31.2 Å². The first-order chi connectivity index (χ1) is 5.25. The van der Waals surface area contributed by atoms with Gasteiger partial charge in [-0.05, 0) is 19.1 Å². The summed E-state index contributed by atoms with van der Waals surface area (Å²) < 4.78 is 0. The Morgan fingerprint density at radius 3 is 2.55 bits per heavy atom. The highest BCUT2D eigenvalue weighted by Crippen LogP contribution is 2.18. The van der Waals surface area contributed by atoms with Gasteiger partial charge in [-0.1, -0.05) is 12.1 Å². The highest BCUT2D eigenvalue weighted by molar-refractivity contribution is 5.66. The molecule has 60 valence electrons. The topological polar surface area (TPSA) is 55.3 Å². The van der Waals surface area contributed by atoms with Gasteiger partial charge in [0, 0.05) is 6.54 Å². The molecule has 0 radical (unpaired) electrons. The fraction of sp³-hybridized carbons (Fsp3) is 0.250. The van der Waals surface area contributed by atoms with Gasteiger partial charge in [0.1, 0.15) is 0 Å². The van der Waals surface area contributed by atoms with E-state index >= 15 is 0 Å². The summed E-state index contributed by atoms with van der Waals surface area (Å²) in [6.07, 6.45) is 0. The molecule has 1 rings (SSSR count). The van der Waals surface area contributed by atoms with E-state index in [0.717, 1.165) is 17.9 Å². The summed E-state index contributed by atoms with van der Waals surface area (Å²) >= 11 is 0. The normalized spacial score (nSPS) is 9.64. The second-order valence-electron chi connectivity index (χ2n) is 2.34. The van der Waals surface area contributed by atoms with Crippen molar-refractivity contribution < 1.29 is 0 Å². The van der Waals surface area contributed by atoms with Crippen molar-refractivity contribution in [3.05, 3.63) is 24.3 Å². The number of benzene rings is 1. The molecule has 0 unspecified atom stereocenters. The van der Waals surface area contributed by atoms with Crippen LogP contribution in [-0.2, 0) is 0 Å². The molecule has 4 N–H and O–H groups in total. The largest absolute Gasteiger partial charge is 0.397 e. The van der Waals surface area contributed by atoms with Gasteiger partial charge in [-0.2, -0.15) is 0 Å². The number of rotatable bonds is 2. The third-order valence-corrected chi connectivity index (χ3v) is 1.59. The van der Waals surface area contributed by atoms with Crippen LogP contribution in [0.15, 0.2) is 24.3 Å². The van der Waals surface area contributed by atoms with Crippen molar-refractivity contribution in [2.45, 2.75) is 6.92 Å². The summed E-state index contributed by atoms with van der Waals surface area (Å²) in [4.78, 5) is 0. The number of nitrogens with two attached hydrogens (primary N) is 2. The van der Waals surface area contributed by atoms with E-state index in [9.17, 15) is 0 Å². The standard InChI is InChI=1S/C8H13N3/c1-2-11(10)8-6-4-3-5-7(8)9/h3-6H,2,9-10H2,1H3. The molecule has 3 nitrogen and oxygen atoms in total. The number of hydrogen-bond donors (Lipinski definition) is 2. The number of hydrazine groups is 1. The molecule has 0 saturated carbocycles. The average molecular weight is 151 g/mol. The van der Waals surface area contributed by atoms with Gasteiger partial charge in [-0.25, -0.2) is 5.84 Å². The van der Waals surface area contributed by atoms with Crippen molar-refractivity contribution in [2.75, 3.05) is 17.3 Å². The molecular weight excluding hydrogens is 138 g/mol. The smallest absolute Gasteiger partial charge is 0.0746 e. The third-order valence-electron chi connectivity index (χ3n) is 1.59. The van der Waals surface area contributed by atoms with E-state index in [1.54, 1.807) is 5.01 Å². The molecule has 1 aromatic rings. The van der Waals surface area contributed by atoms with Crippen LogP contribution in [0.1, 0.15) is 6.92 Å². The minimum absolute atomic E-state index is 0.719. The van der Waals surface area contributed by atoms with Crippen molar-refractivity contribution in [2.24, 2.45) is 5.84 Å². The van der Waals surface area contributed by atoms with E-state index in [1.165, 1.54) is 0 Å². The summed E-state index contributed by atoms with van der Waals surface area (Å²) in [6.45, 7) is 2.74. The van der Waals surface area contributed by atoms with Crippen molar-refractivity contribution in [3.8, 4) is 0 Å². The molecule has 0 heterocycles. The van der Waals surface area contributed by atoms with Crippen LogP contribution in [0.5, 0.6) is 0 Å². The highest BCUT2D eigenvalue weighted by atomic mass is 15.4. The van der Waals surface area contributed by atoms with Crippen molar-refractivity contribution >= 4 is 11.4 Å². The Hall–Kier alpha value is -1.22. The predicted octanol–water partition coefficient (Wildman–Crippen LogP) is 0.969. The van der Waals surface area contributed by atoms with Crippen LogP contribution < -0.4 is 16.6 Å². The van der Waals surface area contributed by atoms with Crippen molar-refractivity contribution in [3.63, 3.8) is 0 Å². The van der Waals surface area contributed by atoms with Crippen LogP contribution in [-0.4, -0.2) is 6.54 Å². The number of anilines is 2. The number of nitrogens with zero attached hydrogens (tertiary/aromatic N) is 1. The van der Waals surface area contributed by atoms with Crippen LogP contribution in [0.4, 0.5) is 11.4 Å². The molecule has 11 heavy (non-hydrogen) atoms. The van der Waals surface area contributed by atoms with Gasteiger partial charge in [-0.3, -0.25) is 0 Å². The number of nitrogen functional groups attached to an aromatic ring is 1. The maximum Gasteiger partial charge on any atom is 0.0746 e. The Kier molecular flexibility index (Phi) is 2.33. The molecule has 0 amide bonds. The Labute approximate surface area is 66.6 Å². The monoisotopic (exact) mass is 151 g/mol. The summed E-state index contributed by atoms with van der Waals surface area (Å²) in [6, 6.07) is 7.55. The lowest BCUT2D eigenvalue weighted by Crippen LogP contribution is -2.30. The lowest BCUT2D eigenvalue weighted by molar-refractivity contribution is 0.894. The molecule has 0 spiro atoms. The third kappa shape index (κ3) is 1.62.